The maximum Gasteiger partial charge on any atom is 0.315 e. The molecule has 1 aromatic rings. The van der Waals surface area contributed by atoms with Crippen LogP contribution in [0, 0.1) is 0 Å². The Labute approximate surface area is 109 Å². The third-order valence-corrected chi connectivity index (χ3v) is 2.71. The van der Waals surface area contributed by atoms with E-state index in [1.807, 2.05) is 31.2 Å². The van der Waals surface area contributed by atoms with Crippen LogP contribution in [-0.4, -0.2) is 19.2 Å². The van der Waals surface area contributed by atoms with Crippen LogP contribution in [0.5, 0.6) is 5.75 Å². The van der Waals surface area contributed by atoms with Gasteiger partial charge in [-0.3, -0.25) is 0 Å². The number of benzene rings is 1. The van der Waals surface area contributed by atoms with E-state index in [-0.39, 0.29) is 12.1 Å². The molecule has 2 N–H and O–H groups in total. The lowest BCUT2D eigenvalue weighted by Gasteiger charge is -2.13. The van der Waals surface area contributed by atoms with Crippen LogP contribution in [0.25, 0.3) is 0 Å². The van der Waals surface area contributed by atoms with Gasteiger partial charge in [0, 0.05) is 12.6 Å². The van der Waals surface area contributed by atoms with Crippen molar-refractivity contribution < 1.29 is 9.53 Å². The molecule has 0 aromatic heterocycles. The lowest BCUT2D eigenvalue weighted by atomic mass is 10.2. The number of carbonyl (C=O) groups is 1. The highest BCUT2D eigenvalue weighted by Gasteiger charge is 2.05. The molecular weight excluding hydrogens is 228 g/mol. The van der Waals surface area contributed by atoms with Crippen molar-refractivity contribution in [3.05, 3.63) is 29.8 Å². The summed E-state index contributed by atoms with van der Waals surface area (Å²) in [6.07, 6.45) is 2.07. The van der Waals surface area contributed by atoms with E-state index >= 15 is 0 Å². The van der Waals surface area contributed by atoms with E-state index in [4.69, 9.17) is 4.74 Å². The number of rotatable bonds is 6. The summed E-state index contributed by atoms with van der Waals surface area (Å²) in [4.78, 5) is 11.6. The molecule has 0 spiro atoms. The summed E-state index contributed by atoms with van der Waals surface area (Å²) in [5.74, 6) is 0.819. The summed E-state index contributed by atoms with van der Waals surface area (Å²) in [6.45, 7) is 4.64. The summed E-state index contributed by atoms with van der Waals surface area (Å²) in [7, 11) is 1.63. The van der Waals surface area contributed by atoms with Crippen molar-refractivity contribution in [1.82, 2.24) is 10.6 Å². The van der Waals surface area contributed by atoms with Crippen LogP contribution in [0.2, 0.25) is 0 Å². The van der Waals surface area contributed by atoms with Crippen molar-refractivity contribution in [2.24, 2.45) is 0 Å². The number of urea groups is 1. The maximum absolute atomic E-state index is 11.6. The van der Waals surface area contributed by atoms with Crippen molar-refractivity contribution in [1.29, 1.82) is 0 Å². The minimum Gasteiger partial charge on any atom is -0.497 e. The van der Waals surface area contributed by atoms with Crippen LogP contribution < -0.4 is 15.4 Å². The molecule has 0 aliphatic heterocycles. The van der Waals surface area contributed by atoms with E-state index < -0.39 is 0 Å². The van der Waals surface area contributed by atoms with E-state index in [2.05, 4.69) is 17.6 Å². The monoisotopic (exact) mass is 250 g/mol. The van der Waals surface area contributed by atoms with E-state index in [0.717, 1.165) is 24.2 Å². The fourth-order valence-electron chi connectivity index (χ4n) is 1.71. The van der Waals surface area contributed by atoms with Gasteiger partial charge >= 0.3 is 6.03 Å². The molecule has 0 heterocycles. The van der Waals surface area contributed by atoms with Crippen molar-refractivity contribution in [2.75, 3.05) is 7.11 Å². The molecule has 4 heteroatoms. The number of carbonyl (C=O) groups excluding carboxylic acids is 1. The second-order valence-corrected chi connectivity index (χ2v) is 4.36. The van der Waals surface area contributed by atoms with Crippen LogP contribution in [0.3, 0.4) is 0 Å². The Hall–Kier alpha value is -1.71. The fourth-order valence-corrected chi connectivity index (χ4v) is 1.71. The van der Waals surface area contributed by atoms with Crippen molar-refractivity contribution in [3.63, 3.8) is 0 Å². The molecule has 0 saturated heterocycles. The molecular formula is C14H22N2O2. The average Bonchev–Trinajstić information content (AvgIpc) is 2.37. The van der Waals surface area contributed by atoms with E-state index in [1.54, 1.807) is 7.11 Å². The zero-order valence-corrected chi connectivity index (χ0v) is 11.3. The van der Waals surface area contributed by atoms with E-state index in [0.29, 0.717) is 6.54 Å². The van der Waals surface area contributed by atoms with Gasteiger partial charge in [-0.25, -0.2) is 4.79 Å². The molecule has 0 aliphatic rings. The first kappa shape index (κ1) is 14.4. The number of nitrogens with one attached hydrogen (secondary N) is 2. The topological polar surface area (TPSA) is 50.4 Å². The Morgan fingerprint density at radius 2 is 2.00 bits per heavy atom. The molecule has 0 unspecified atom stereocenters. The minimum absolute atomic E-state index is 0.119. The van der Waals surface area contributed by atoms with Gasteiger partial charge in [-0.1, -0.05) is 25.5 Å². The van der Waals surface area contributed by atoms with Gasteiger partial charge in [0.15, 0.2) is 0 Å². The molecule has 0 aliphatic carbocycles. The second kappa shape index (κ2) is 7.58. The average molecular weight is 250 g/mol. The third kappa shape index (κ3) is 5.08. The zero-order chi connectivity index (χ0) is 13.4. The summed E-state index contributed by atoms with van der Waals surface area (Å²) in [6, 6.07) is 7.74. The standard InChI is InChI=1S/C14H22N2O2/c1-4-5-11(2)16-14(17)15-10-12-6-8-13(18-3)9-7-12/h6-9,11H,4-5,10H2,1-3H3,(H2,15,16,17)/t11-/m0/s1. The number of methoxy groups -OCH3 is 1. The second-order valence-electron chi connectivity index (χ2n) is 4.36. The highest BCUT2D eigenvalue weighted by Crippen LogP contribution is 2.10. The van der Waals surface area contributed by atoms with Gasteiger partial charge in [0.1, 0.15) is 5.75 Å². The summed E-state index contributed by atoms with van der Waals surface area (Å²) in [5, 5.41) is 5.73. The largest absolute Gasteiger partial charge is 0.497 e. The van der Waals surface area contributed by atoms with E-state index in [9.17, 15) is 4.79 Å². The fraction of sp³-hybridized carbons (Fsp3) is 0.500. The third-order valence-electron chi connectivity index (χ3n) is 2.71. The highest BCUT2D eigenvalue weighted by atomic mass is 16.5. The first-order valence-corrected chi connectivity index (χ1v) is 6.33. The van der Waals surface area contributed by atoms with Gasteiger partial charge in [0.2, 0.25) is 0 Å². The normalized spacial score (nSPS) is 11.7. The summed E-state index contributed by atoms with van der Waals surface area (Å²) >= 11 is 0. The summed E-state index contributed by atoms with van der Waals surface area (Å²) < 4.78 is 5.07. The number of hydrogen-bond donors (Lipinski definition) is 2. The Bertz CT molecular complexity index is 363. The number of ether oxygens (including phenoxy) is 1. The first-order valence-electron chi connectivity index (χ1n) is 6.33. The van der Waals surface area contributed by atoms with Crippen LogP contribution in [0.1, 0.15) is 32.3 Å². The van der Waals surface area contributed by atoms with Crippen LogP contribution in [-0.2, 0) is 6.54 Å². The smallest absolute Gasteiger partial charge is 0.315 e. The Balaban J connectivity index is 2.33. The maximum atomic E-state index is 11.6. The van der Waals surface area contributed by atoms with Gasteiger partial charge in [-0.15, -0.1) is 0 Å². The van der Waals surface area contributed by atoms with E-state index in [1.165, 1.54) is 0 Å². The van der Waals surface area contributed by atoms with Gasteiger partial charge < -0.3 is 15.4 Å². The van der Waals surface area contributed by atoms with Gasteiger partial charge in [-0.2, -0.15) is 0 Å². The molecule has 0 fully saturated rings. The van der Waals surface area contributed by atoms with Gasteiger partial charge in [-0.05, 0) is 31.0 Å². The predicted molar refractivity (Wildman–Crippen MR) is 72.7 cm³/mol. The highest BCUT2D eigenvalue weighted by molar-refractivity contribution is 5.74. The molecule has 2 amide bonds. The predicted octanol–water partition coefficient (Wildman–Crippen LogP) is 2.68. The lowest BCUT2D eigenvalue weighted by molar-refractivity contribution is 0.236. The molecule has 0 saturated carbocycles. The van der Waals surface area contributed by atoms with Crippen molar-refractivity contribution in [3.8, 4) is 5.75 Å². The van der Waals surface area contributed by atoms with Crippen molar-refractivity contribution >= 4 is 6.03 Å². The van der Waals surface area contributed by atoms with Crippen LogP contribution >= 0.6 is 0 Å². The number of amides is 2. The van der Waals surface area contributed by atoms with Gasteiger partial charge in [0.05, 0.1) is 7.11 Å². The Morgan fingerprint density at radius 1 is 1.33 bits per heavy atom. The SMILES string of the molecule is CCC[C@H](C)NC(=O)NCc1ccc(OC)cc1. The molecule has 1 aromatic carbocycles. The molecule has 0 bridgehead atoms. The number of hydrogen-bond acceptors (Lipinski definition) is 2. The summed E-state index contributed by atoms with van der Waals surface area (Å²) in [5.41, 5.74) is 1.05. The Morgan fingerprint density at radius 3 is 2.56 bits per heavy atom. The molecule has 18 heavy (non-hydrogen) atoms. The van der Waals surface area contributed by atoms with Crippen LogP contribution in [0.15, 0.2) is 24.3 Å². The molecule has 1 atom stereocenters. The van der Waals surface area contributed by atoms with Crippen LogP contribution in [0.4, 0.5) is 4.79 Å². The minimum atomic E-state index is -0.119. The quantitative estimate of drug-likeness (QED) is 0.815. The molecule has 100 valence electrons. The molecule has 4 nitrogen and oxygen atoms in total. The first-order chi connectivity index (χ1) is 8.65. The lowest BCUT2D eigenvalue weighted by Crippen LogP contribution is -2.40. The van der Waals surface area contributed by atoms with Gasteiger partial charge in [0.25, 0.3) is 0 Å². The van der Waals surface area contributed by atoms with Crippen molar-refractivity contribution in [2.45, 2.75) is 39.3 Å². The zero-order valence-electron chi connectivity index (χ0n) is 11.3. The molecule has 1 rings (SSSR count). The Kier molecular flexibility index (Phi) is 6.05. The molecule has 0 radical (unpaired) electrons.